The van der Waals surface area contributed by atoms with Gasteiger partial charge in [-0.25, -0.2) is 4.79 Å². The fraction of sp³-hybridized carbons (Fsp3) is 0.312. The number of rotatable bonds is 3. The molecule has 1 aliphatic rings. The number of hydrogen-bond donors (Lipinski definition) is 2. The molecule has 1 unspecified atom stereocenters. The number of hydrogen-bond acceptors (Lipinski definition) is 5. The first-order valence-corrected chi connectivity index (χ1v) is 7.99. The van der Waals surface area contributed by atoms with E-state index in [0.717, 1.165) is 6.07 Å². The monoisotopic (exact) mass is 365 g/mol. The standard InChI is InChI=1S/C16H16ClN3O5/c17-9-1-2-11-12(21)6-14(25-13(11)5-9)15(22)19-7-10-8-20(16(18)23)3-4-24-10/h1-2,5-6,10H,3-4,7-8H2,(H2,18,23)(H,19,22). The fourth-order valence-electron chi connectivity index (χ4n) is 2.58. The van der Waals surface area contributed by atoms with Crippen molar-refractivity contribution in [2.45, 2.75) is 6.10 Å². The molecule has 0 radical (unpaired) electrons. The van der Waals surface area contributed by atoms with Gasteiger partial charge in [0.05, 0.1) is 24.6 Å². The molecule has 1 aromatic carbocycles. The summed E-state index contributed by atoms with van der Waals surface area (Å²) >= 11 is 5.88. The zero-order valence-corrected chi connectivity index (χ0v) is 13.9. The third-order valence-corrected chi connectivity index (χ3v) is 4.09. The van der Waals surface area contributed by atoms with Crippen LogP contribution in [0.3, 0.4) is 0 Å². The van der Waals surface area contributed by atoms with Crippen LogP contribution in [0, 0.1) is 0 Å². The number of primary amides is 1. The fourth-order valence-corrected chi connectivity index (χ4v) is 2.74. The Kier molecular flexibility index (Phi) is 4.91. The lowest BCUT2D eigenvalue weighted by Gasteiger charge is -2.31. The smallest absolute Gasteiger partial charge is 0.314 e. The summed E-state index contributed by atoms with van der Waals surface area (Å²) in [5.74, 6) is -0.680. The quantitative estimate of drug-likeness (QED) is 0.840. The summed E-state index contributed by atoms with van der Waals surface area (Å²) < 4.78 is 10.9. The highest BCUT2D eigenvalue weighted by Gasteiger charge is 2.23. The molecule has 3 amide bonds. The van der Waals surface area contributed by atoms with E-state index in [4.69, 9.17) is 26.5 Å². The van der Waals surface area contributed by atoms with Gasteiger partial charge in [0.1, 0.15) is 5.58 Å². The first-order chi connectivity index (χ1) is 11.9. The van der Waals surface area contributed by atoms with Crippen molar-refractivity contribution in [1.82, 2.24) is 10.2 Å². The molecule has 1 aromatic heterocycles. The van der Waals surface area contributed by atoms with E-state index in [1.165, 1.54) is 11.0 Å². The Hall–Kier alpha value is -2.58. The molecule has 0 saturated carbocycles. The number of carbonyl (C=O) groups is 2. The zero-order chi connectivity index (χ0) is 18.0. The third kappa shape index (κ3) is 3.92. The van der Waals surface area contributed by atoms with Crippen LogP contribution in [0.4, 0.5) is 4.79 Å². The number of ether oxygens (including phenoxy) is 1. The SMILES string of the molecule is NC(=O)N1CCOC(CNC(=O)c2cc(=O)c3ccc(Cl)cc3o2)C1. The van der Waals surface area contributed by atoms with Gasteiger partial charge in [0.15, 0.2) is 11.2 Å². The Morgan fingerprint density at radius 3 is 2.92 bits per heavy atom. The van der Waals surface area contributed by atoms with E-state index < -0.39 is 11.9 Å². The molecule has 2 heterocycles. The lowest BCUT2D eigenvalue weighted by molar-refractivity contribution is -0.0111. The second-order valence-electron chi connectivity index (χ2n) is 5.60. The van der Waals surface area contributed by atoms with Gasteiger partial charge in [-0.3, -0.25) is 9.59 Å². The van der Waals surface area contributed by atoms with E-state index in [0.29, 0.717) is 23.6 Å². The summed E-state index contributed by atoms with van der Waals surface area (Å²) in [7, 11) is 0. The minimum Gasteiger partial charge on any atom is -0.451 e. The third-order valence-electron chi connectivity index (χ3n) is 3.86. The van der Waals surface area contributed by atoms with Gasteiger partial charge in [0.2, 0.25) is 0 Å². The molecule has 1 atom stereocenters. The van der Waals surface area contributed by atoms with Crippen LogP contribution in [-0.4, -0.2) is 49.2 Å². The number of nitrogens with two attached hydrogens (primary N) is 1. The van der Waals surface area contributed by atoms with Crippen LogP contribution in [0.5, 0.6) is 0 Å². The van der Waals surface area contributed by atoms with Crippen molar-refractivity contribution >= 4 is 34.5 Å². The number of carbonyl (C=O) groups excluding carboxylic acids is 2. The highest BCUT2D eigenvalue weighted by Crippen LogP contribution is 2.18. The van der Waals surface area contributed by atoms with E-state index in [-0.39, 0.29) is 36.0 Å². The van der Waals surface area contributed by atoms with Gasteiger partial charge in [0, 0.05) is 30.2 Å². The van der Waals surface area contributed by atoms with Crippen molar-refractivity contribution in [2.24, 2.45) is 5.73 Å². The Morgan fingerprint density at radius 1 is 1.36 bits per heavy atom. The number of morpholine rings is 1. The number of nitrogens with one attached hydrogen (secondary N) is 1. The van der Waals surface area contributed by atoms with E-state index >= 15 is 0 Å². The van der Waals surface area contributed by atoms with Crippen LogP contribution in [0.1, 0.15) is 10.6 Å². The second-order valence-corrected chi connectivity index (χ2v) is 6.04. The minimum absolute atomic E-state index is 0.123. The van der Waals surface area contributed by atoms with Crippen molar-refractivity contribution in [3.63, 3.8) is 0 Å². The van der Waals surface area contributed by atoms with Crippen molar-refractivity contribution in [1.29, 1.82) is 0 Å². The lowest BCUT2D eigenvalue weighted by atomic mass is 10.2. The van der Waals surface area contributed by atoms with Gasteiger partial charge in [-0.2, -0.15) is 0 Å². The van der Waals surface area contributed by atoms with Crippen LogP contribution < -0.4 is 16.5 Å². The maximum Gasteiger partial charge on any atom is 0.314 e. The van der Waals surface area contributed by atoms with Gasteiger partial charge >= 0.3 is 6.03 Å². The summed E-state index contributed by atoms with van der Waals surface area (Å²) in [6.07, 6.45) is -0.383. The number of benzene rings is 1. The van der Waals surface area contributed by atoms with E-state index in [1.54, 1.807) is 12.1 Å². The largest absolute Gasteiger partial charge is 0.451 e. The van der Waals surface area contributed by atoms with Gasteiger partial charge < -0.3 is 25.1 Å². The summed E-state index contributed by atoms with van der Waals surface area (Å²) in [5.41, 5.74) is 5.14. The van der Waals surface area contributed by atoms with Crippen molar-refractivity contribution in [3.05, 3.63) is 45.3 Å². The predicted octanol–water partition coefficient (Wildman–Crippen LogP) is 0.956. The number of fused-ring (bicyclic) bond motifs is 1. The second kappa shape index (κ2) is 7.12. The van der Waals surface area contributed by atoms with Crippen molar-refractivity contribution in [2.75, 3.05) is 26.2 Å². The summed E-state index contributed by atoms with van der Waals surface area (Å²) in [6.45, 7) is 1.19. The molecule has 3 rings (SSSR count). The van der Waals surface area contributed by atoms with Crippen molar-refractivity contribution < 1.29 is 18.7 Å². The molecule has 9 heteroatoms. The average Bonchev–Trinajstić information content (AvgIpc) is 2.59. The lowest BCUT2D eigenvalue weighted by Crippen LogP contribution is -2.51. The Labute approximate surface area is 147 Å². The summed E-state index contributed by atoms with van der Waals surface area (Å²) in [6, 6.07) is 5.19. The van der Waals surface area contributed by atoms with Gasteiger partial charge in [-0.15, -0.1) is 0 Å². The predicted molar refractivity (Wildman–Crippen MR) is 90.7 cm³/mol. The summed E-state index contributed by atoms with van der Waals surface area (Å²) in [5, 5.41) is 3.37. The van der Waals surface area contributed by atoms with Crippen LogP contribution >= 0.6 is 11.6 Å². The zero-order valence-electron chi connectivity index (χ0n) is 13.2. The number of amides is 3. The molecule has 25 heavy (non-hydrogen) atoms. The van der Waals surface area contributed by atoms with Crippen LogP contribution in [0.15, 0.2) is 33.5 Å². The first-order valence-electron chi connectivity index (χ1n) is 7.61. The maximum atomic E-state index is 12.2. The van der Waals surface area contributed by atoms with E-state index in [2.05, 4.69) is 5.32 Å². The van der Waals surface area contributed by atoms with Crippen LogP contribution in [0.25, 0.3) is 11.0 Å². The molecule has 1 saturated heterocycles. The van der Waals surface area contributed by atoms with Crippen LogP contribution in [0.2, 0.25) is 5.02 Å². The van der Waals surface area contributed by atoms with E-state index in [9.17, 15) is 14.4 Å². The van der Waals surface area contributed by atoms with Gasteiger partial charge in [-0.05, 0) is 12.1 Å². The Balaban J connectivity index is 1.70. The molecular weight excluding hydrogens is 350 g/mol. The molecular formula is C16H16ClN3O5. The molecule has 1 fully saturated rings. The van der Waals surface area contributed by atoms with E-state index in [1.807, 2.05) is 0 Å². The highest BCUT2D eigenvalue weighted by molar-refractivity contribution is 6.31. The molecule has 2 aromatic rings. The Bertz CT molecular complexity index is 882. The molecule has 132 valence electrons. The average molecular weight is 366 g/mol. The molecule has 0 spiro atoms. The molecule has 3 N–H and O–H groups in total. The highest BCUT2D eigenvalue weighted by atomic mass is 35.5. The molecule has 0 aliphatic carbocycles. The van der Waals surface area contributed by atoms with Gasteiger partial charge in [0.25, 0.3) is 5.91 Å². The number of nitrogens with zero attached hydrogens (tertiary/aromatic N) is 1. The number of halogens is 1. The number of urea groups is 1. The van der Waals surface area contributed by atoms with Crippen molar-refractivity contribution in [3.8, 4) is 0 Å². The summed E-state index contributed by atoms with van der Waals surface area (Å²) in [4.78, 5) is 37.0. The molecule has 0 bridgehead atoms. The molecule has 1 aliphatic heterocycles. The normalized spacial score (nSPS) is 17.5. The topological polar surface area (TPSA) is 115 Å². The van der Waals surface area contributed by atoms with Crippen LogP contribution in [-0.2, 0) is 4.74 Å². The minimum atomic E-state index is -0.557. The first kappa shape index (κ1) is 17.2. The Morgan fingerprint density at radius 2 is 2.16 bits per heavy atom. The molecule has 8 nitrogen and oxygen atoms in total. The van der Waals surface area contributed by atoms with Gasteiger partial charge in [-0.1, -0.05) is 11.6 Å². The maximum absolute atomic E-state index is 12.2.